The zero-order chi connectivity index (χ0) is 15.7. The van der Waals surface area contributed by atoms with Crippen LogP contribution >= 0.6 is 0 Å². The third-order valence-corrected chi connectivity index (χ3v) is 3.36. The number of nitrogens with one attached hydrogen (secondary N) is 1. The molecule has 1 atom stereocenters. The van der Waals surface area contributed by atoms with Crippen molar-refractivity contribution in [2.75, 3.05) is 0 Å². The molecule has 112 valence electrons. The molecule has 3 rings (SSSR count). The van der Waals surface area contributed by atoms with Gasteiger partial charge in [-0.3, -0.25) is 14.8 Å². The average Bonchev–Trinajstić information content (AvgIpc) is 2.88. The van der Waals surface area contributed by atoms with Crippen LogP contribution in [-0.2, 0) is 0 Å². The minimum Gasteiger partial charge on any atom is -0.344 e. The van der Waals surface area contributed by atoms with Gasteiger partial charge in [-0.15, -0.1) is 0 Å². The van der Waals surface area contributed by atoms with Crippen LogP contribution in [0, 0.1) is 13.8 Å². The van der Waals surface area contributed by atoms with Crippen LogP contribution in [0.4, 0.5) is 0 Å². The van der Waals surface area contributed by atoms with Crippen LogP contribution in [0.3, 0.4) is 0 Å². The Morgan fingerprint density at radius 3 is 2.86 bits per heavy atom. The summed E-state index contributed by atoms with van der Waals surface area (Å²) < 4.78 is 5.15. The lowest BCUT2D eigenvalue weighted by atomic mass is 10.1. The van der Waals surface area contributed by atoms with Crippen LogP contribution in [0.2, 0.25) is 0 Å². The van der Waals surface area contributed by atoms with Gasteiger partial charge in [0, 0.05) is 18.1 Å². The fraction of sp³-hybridized carbons (Fsp3) is 0.267. The van der Waals surface area contributed by atoms with Gasteiger partial charge in [0.25, 0.3) is 11.6 Å². The third kappa shape index (κ3) is 2.52. The molecule has 0 aliphatic carbocycles. The Kier molecular flexibility index (Phi) is 3.54. The van der Waals surface area contributed by atoms with Gasteiger partial charge in [0.1, 0.15) is 0 Å². The standard InChI is InChI=1S/C15H15N5O2/c1-8-6-11(13-10(3)20-22-15(13)18-8)14(21)19-9(2)12-7-16-4-5-17-12/h4-7,9H,1-3H3,(H,19,21)/t9-/m0/s1. The van der Waals surface area contributed by atoms with E-state index in [1.165, 1.54) is 0 Å². The Morgan fingerprint density at radius 1 is 1.32 bits per heavy atom. The van der Waals surface area contributed by atoms with Crippen LogP contribution in [0.5, 0.6) is 0 Å². The number of nitrogens with zero attached hydrogens (tertiary/aromatic N) is 4. The van der Waals surface area contributed by atoms with Gasteiger partial charge in [0.05, 0.1) is 34.6 Å². The van der Waals surface area contributed by atoms with Gasteiger partial charge in [0.15, 0.2) is 0 Å². The van der Waals surface area contributed by atoms with E-state index in [0.29, 0.717) is 33.7 Å². The summed E-state index contributed by atoms with van der Waals surface area (Å²) in [6.07, 6.45) is 4.81. The number of aryl methyl sites for hydroxylation is 2. The first-order valence-electron chi connectivity index (χ1n) is 6.86. The van der Waals surface area contributed by atoms with Crippen molar-refractivity contribution >= 4 is 17.0 Å². The Balaban J connectivity index is 1.94. The fourth-order valence-electron chi connectivity index (χ4n) is 2.28. The number of rotatable bonds is 3. The molecule has 0 aromatic carbocycles. The second-order valence-electron chi connectivity index (χ2n) is 5.08. The molecule has 7 heteroatoms. The summed E-state index contributed by atoms with van der Waals surface area (Å²) in [5.41, 5.74) is 2.90. The maximum absolute atomic E-state index is 12.6. The summed E-state index contributed by atoms with van der Waals surface area (Å²) in [5.74, 6) is -0.222. The molecule has 0 aliphatic heterocycles. The normalized spacial score (nSPS) is 12.3. The lowest BCUT2D eigenvalue weighted by Gasteiger charge is -2.13. The van der Waals surface area contributed by atoms with Gasteiger partial charge in [-0.25, -0.2) is 4.98 Å². The highest BCUT2D eigenvalue weighted by molar-refractivity contribution is 6.06. The van der Waals surface area contributed by atoms with Crippen LogP contribution in [0.25, 0.3) is 11.1 Å². The number of hydrogen-bond acceptors (Lipinski definition) is 6. The van der Waals surface area contributed by atoms with E-state index in [0.717, 1.165) is 0 Å². The van der Waals surface area contributed by atoms with Gasteiger partial charge in [-0.2, -0.15) is 0 Å². The molecule has 0 aliphatic rings. The SMILES string of the molecule is Cc1cc(C(=O)N[C@@H](C)c2cnccn2)c2c(C)noc2n1. The zero-order valence-corrected chi connectivity index (χ0v) is 12.5. The van der Waals surface area contributed by atoms with Crippen molar-refractivity contribution in [1.82, 2.24) is 25.4 Å². The second kappa shape index (κ2) is 5.51. The van der Waals surface area contributed by atoms with Gasteiger partial charge >= 0.3 is 0 Å². The van der Waals surface area contributed by atoms with E-state index in [1.54, 1.807) is 38.5 Å². The van der Waals surface area contributed by atoms with Crippen molar-refractivity contribution in [2.24, 2.45) is 0 Å². The van der Waals surface area contributed by atoms with Crippen LogP contribution in [-0.4, -0.2) is 26.0 Å². The largest absolute Gasteiger partial charge is 0.344 e. The Hall–Kier alpha value is -2.83. The summed E-state index contributed by atoms with van der Waals surface area (Å²) in [6, 6.07) is 1.47. The number of fused-ring (bicyclic) bond motifs is 1. The van der Waals surface area contributed by atoms with Gasteiger partial charge in [-0.1, -0.05) is 5.16 Å². The van der Waals surface area contributed by atoms with E-state index in [1.807, 2.05) is 6.92 Å². The zero-order valence-electron chi connectivity index (χ0n) is 12.5. The fourth-order valence-corrected chi connectivity index (χ4v) is 2.28. The average molecular weight is 297 g/mol. The van der Waals surface area contributed by atoms with Gasteiger partial charge < -0.3 is 9.84 Å². The highest BCUT2D eigenvalue weighted by Crippen LogP contribution is 2.22. The first-order chi connectivity index (χ1) is 10.6. The van der Waals surface area contributed by atoms with Crippen molar-refractivity contribution in [3.63, 3.8) is 0 Å². The summed E-state index contributed by atoms with van der Waals surface area (Å²) >= 11 is 0. The highest BCUT2D eigenvalue weighted by Gasteiger charge is 2.19. The monoisotopic (exact) mass is 297 g/mol. The highest BCUT2D eigenvalue weighted by atomic mass is 16.5. The van der Waals surface area contributed by atoms with E-state index in [-0.39, 0.29) is 11.9 Å². The number of aromatic nitrogens is 4. The molecular weight excluding hydrogens is 282 g/mol. The molecule has 0 saturated heterocycles. The topological polar surface area (TPSA) is 93.8 Å². The van der Waals surface area contributed by atoms with Crippen molar-refractivity contribution in [3.05, 3.63) is 47.3 Å². The quantitative estimate of drug-likeness (QED) is 0.795. The molecule has 7 nitrogen and oxygen atoms in total. The number of carbonyl (C=O) groups is 1. The molecular formula is C15H15N5O2. The lowest BCUT2D eigenvalue weighted by molar-refractivity contribution is 0.0940. The Morgan fingerprint density at radius 2 is 2.14 bits per heavy atom. The van der Waals surface area contributed by atoms with Crippen molar-refractivity contribution in [1.29, 1.82) is 0 Å². The van der Waals surface area contributed by atoms with Crippen molar-refractivity contribution in [3.8, 4) is 0 Å². The predicted molar refractivity (Wildman–Crippen MR) is 79.2 cm³/mol. The number of amides is 1. The van der Waals surface area contributed by atoms with Gasteiger partial charge in [0.2, 0.25) is 0 Å². The molecule has 0 unspecified atom stereocenters. The van der Waals surface area contributed by atoms with E-state index < -0.39 is 0 Å². The second-order valence-corrected chi connectivity index (χ2v) is 5.08. The minimum absolute atomic E-state index is 0.222. The van der Waals surface area contributed by atoms with Gasteiger partial charge in [-0.05, 0) is 26.8 Å². The van der Waals surface area contributed by atoms with E-state index in [9.17, 15) is 4.79 Å². The van der Waals surface area contributed by atoms with Crippen molar-refractivity contribution < 1.29 is 9.32 Å². The molecule has 1 N–H and O–H groups in total. The maximum atomic E-state index is 12.6. The molecule has 22 heavy (non-hydrogen) atoms. The van der Waals surface area contributed by atoms with E-state index >= 15 is 0 Å². The molecule has 3 heterocycles. The number of pyridine rings is 1. The third-order valence-electron chi connectivity index (χ3n) is 3.36. The summed E-state index contributed by atoms with van der Waals surface area (Å²) in [5, 5.41) is 7.42. The first kappa shape index (κ1) is 14.1. The molecule has 0 radical (unpaired) electrons. The molecule has 0 spiro atoms. The lowest BCUT2D eigenvalue weighted by Crippen LogP contribution is -2.27. The number of carbonyl (C=O) groups excluding carboxylic acids is 1. The smallest absolute Gasteiger partial charge is 0.258 e. The summed E-state index contributed by atoms with van der Waals surface area (Å²) in [6.45, 7) is 5.44. The molecule has 3 aromatic heterocycles. The minimum atomic E-state index is -0.259. The Bertz CT molecular complexity index is 829. The molecule has 0 saturated carbocycles. The number of hydrogen-bond donors (Lipinski definition) is 1. The molecule has 0 bridgehead atoms. The summed E-state index contributed by atoms with van der Waals surface area (Å²) in [7, 11) is 0. The maximum Gasteiger partial charge on any atom is 0.258 e. The van der Waals surface area contributed by atoms with Crippen molar-refractivity contribution in [2.45, 2.75) is 26.8 Å². The molecule has 3 aromatic rings. The molecule has 0 fully saturated rings. The Labute approximate surface area is 126 Å². The van der Waals surface area contributed by atoms with Crippen LogP contribution in [0.15, 0.2) is 29.2 Å². The molecule has 1 amide bonds. The van der Waals surface area contributed by atoms with Crippen LogP contribution in [0.1, 0.15) is 40.4 Å². The first-order valence-corrected chi connectivity index (χ1v) is 6.86. The predicted octanol–water partition coefficient (Wildman–Crippen LogP) is 2.12. The van der Waals surface area contributed by atoms with E-state index in [4.69, 9.17) is 4.52 Å². The summed E-state index contributed by atoms with van der Waals surface area (Å²) in [4.78, 5) is 25.0. The van der Waals surface area contributed by atoms with E-state index in [2.05, 4.69) is 25.4 Å². The van der Waals surface area contributed by atoms with Crippen LogP contribution < -0.4 is 5.32 Å².